The average molecular weight is 452 g/mol. The van der Waals surface area contributed by atoms with Crippen LogP contribution in [0.15, 0.2) is 77.7 Å². The lowest BCUT2D eigenvalue weighted by Crippen LogP contribution is -2.41. The van der Waals surface area contributed by atoms with Crippen molar-refractivity contribution in [2.75, 3.05) is 13.2 Å². The molecular formula is C23H20N2O6S. The van der Waals surface area contributed by atoms with E-state index in [0.717, 1.165) is 0 Å². The highest BCUT2D eigenvalue weighted by molar-refractivity contribution is 7.90. The Morgan fingerprint density at radius 2 is 1.34 bits per heavy atom. The van der Waals surface area contributed by atoms with E-state index in [2.05, 4.69) is 10.9 Å². The van der Waals surface area contributed by atoms with Gasteiger partial charge in [-0.3, -0.25) is 20.4 Å². The lowest BCUT2D eigenvalue weighted by molar-refractivity contribution is 0.0846. The third-order valence-corrected chi connectivity index (χ3v) is 6.47. The van der Waals surface area contributed by atoms with Gasteiger partial charge < -0.3 is 9.47 Å². The molecule has 0 bridgehead atoms. The molecule has 164 valence electrons. The maximum absolute atomic E-state index is 12.5. The molecule has 4 rings (SSSR count). The lowest BCUT2D eigenvalue weighted by atomic mass is 10.1. The van der Waals surface area contributed by atoms with E-state index in [1.54, 1.807) is 54.6 Å². The van der Waals surface area contributed by atoms with E-state index < -0.39 is 21.7 Å². The van der Waals surface area contributed by atoms with Crippen LogP contribution in [0, 0.1) is 0 Å². The Bertz CT molecular complexity index is 1240. The zero-order valence-corrected chi connectivity index (χ0v) is 17.7. The summed E-state index contributed by atoms with van der Waals surface area (Å²) in [6.45, 7) is 0.850. The molecule has 0 unspecified atom stereocenters. The second kappa shape index (κ2) is 9.11. The number of nitrogens with one attached hydrogen (secondary N) is 2. The average Bonchev–Trinajstić information content (AvgIpc) is 2.83. The minimum atomic E-state index is -3.48. The molecule has 2 amide bonds. The van der Waals surface area contributed by atoms with Gasteiger partial charge in [-0.25, -0.2) is 8.42 Å². The van der Waals surface area contributed by atoms with E-state index >= 15 is 0 Å². The molecule has 9 heteroatoms. The number of benzene rings is 3. The van der Waals surface area contributed by atoms with E-state index in [1.165, 1.54) is 18.2 Å². The Balaban J connectivity index is 1.35. The van der Waals surface area contributed by atoms with Gasteiger partial charge >= 0.3 is 0 Å². The summed E-state index contributed by atoms with van der Waals surface area (Å²) in [5, 5.41) is 0. The molecule has 0 aliphatic carbocycles. The highest BCUT2D eigenvalue weighted by Crippen LogP contribution is 2.30. The number of fused-ring (bicyclic) bond motifs is 1. The molecule has 32 heavy (non-hydrogen) atoms. The van der Waals surface area contributed by atoms with E-state index in [9.17, 15) is 18.0 Å². The summed E-state index contributed by atoms with van der Waals surface area (Å²) in [6, 6.07) is 19.0. The number of hydrazine groups is 1. The molecule has 0 spiro atoms. The molecule has 3 aromatic carbocycles. The molecule has 0 aromatic heterocycles. The summed E-state index contributed by atoms with van der Waals surface area (Å²) in [5.41, 5.74) is 5.81. The van der Waals surface area contributed by atoms with E-state index in [1.807, 2.05) is 0 Å². The van der Waals surface area contributed by atoms with Crippen molar-refractivity contribution in [1.82, 2.24) is 10.9 Å². The first-order valence-electron chi connectivity index (χ1n) is 9.79. The summed E-state index contributed by atoms with van der Waals surface area (Å²) in [5.74, 6) is -0.198. The summed E-state index contributed by atoms with van der Waals surface area (Å²) in [4.78, 5) is 24.9. The molecule has 3 aromatic rings. The number of rotatable bonds is 5. The van der Waals surface area contributed by atoms with Gasteiger partial charge in [-0.2, -0.15) is 0 Å². The number of ether oxygens (including phenoxy) is 2. The number of hydrogen-bond donors (Lipinski definition) is 2. The lowest BCUT2D eigenvalue weighted by Gasteiger charge is -2.18. The number of sulfone groups is 1. The molecule has 1 aliphatic heterocycles. The van der Waals surface area contributed by atoms with Crippen molar-refractivity contribution in [3.8, 4) is 11.5 Å². The van der Waals surface area contributed by atoms with Gasteiger partial charge in [-0.1, -0.05) is 30.3 Å². The zero-order chi connectivity index (χ0) is 22.6. The second-order valence-electron chi connectivity index (χ2n) is 7.04. The van der Waals surface area contributed by atoms with Gasteiger partial charge in [0.25, 0.3) is 11.8 Å². The van der Waals surface area contributed by atoms with Crippen LogP contribution >= 0.6 is 0 Å². The highest BCUT2D eigenvalue weighted by Gasteiger charge is 2.17. The largest absolute Gasteiger partial charge is 0.486 e. The molecule has 0 atom stereocenters. The van der Waals surface area contributed by atoms with Gasteiger partial charge in [0.15, 0.2) is 21.3 Å². The molecule has 1 aliphatic rings. The third kappa shape index (κ3) is 4.89. The van der Waals surface area contributed by atoms with Crippen LogP contribution in [0.25, 0.3) is 0 Å². The van der Waals surface area contributed by atoms with Gasteiger partial charge in [0.2, 0.25) is 0 Å². The number of carbonyl (C=O) groups excluding carboxylic acids is 2. The maximum atomic E-state index is 12.5. The quantitative estimate of drug-likeness (QED) is 0.576. The van der Waals surface area contributed by atoms with Crippen molar-refractivity contribution < 1.29 is 27.5 Å². The molecule has 0 fully saturated rings. The molecule has 0 radical (unpaired) electrons. The summed E-state index contributed by atoms with van der Waals surface area (Å²) >= 11 is 0. The summed E-state index contributed by atoms with van der Waals surface area (Å²) in [7, 11) is -3.48. The van der Waals surface area contributed by atoms with E-state index in [0.29, 0.717) is 35.8 Å². The Morgan fingerprint density at radius 3 is 2.03 bits per heavy atom. The Labute approximate surface area is 185 Å². The number of carbonyl (C=O) groups is 2. The molecule has 2 N–H and O–H groups in total. The van der Waals surface area contributed by atoms with Crippen molar-refractivity contribution >= 4 is 21.7 Å². The molecule has 0 saturated heterocycles. The van der Waals surface area contributed by atoms with E-state index in [4.69, 9.17) is 9.47 Å². The Hall–Kier alpha value is -3.85. The normalized spacial score (nSPS) is 12.6. The molecule has 1 heterocycles. The van der Waals surface area contributed by atoms with Crippen LogP contribution in [-0.4, -0.2) is 33.4 Å². The Kier molecular flexibility index (Phi) is 6.09. The molecular weight excluding hydrogens is 432 g/mol. The van der Waals surface area contributed by atoms with Crippen molar-refractivity contribution in [1.29, 1.82) is 0 Å². The van der Waals surface area contributed by atoms with Crippen LogP contribution in [0.2, 0.25) is 0 Å². The standard InChI is InChI=1S/C23H20N2O6S/c26-22(24-25-23(27)18-10-11-20-21(14-18)31-13-12-30-20)17-8-6-16(7-9-17)15-32(28,29)19-4-2-1-3-5-19/h1-11,14H,12-13,15H2,(H,24,26)(H,25,27). The minimum Gasteiger partial charge on any atom is -0.486 e. The van der Waals surface area contributed by atoms with Crippen molar-refractivity contribution in [3.05, 3.63) is 89.5 Å². The zero-order valence-electron chi connectivity index (χ0n) is 16.9. The van der Waals surface area contributed by atoms with Gasteiger partial charge in [-0.15, -0.1) is 0 Å². The smallest absolute Gasteiger partial charge is 0.269 e. The first-order chi connectivity index (χ1) is 15.4. The van der Waals surface area contributed by atoms with Crippen molar-refractivity contribution in [3.63, 3.8) is 0 Å². The monoisotopic (exact) mass is 452 g/mol. The van der Waals surface area contributed by atoms with Gasteiger partial charge in [0, 0.05) is 11.1 Å². The third-order valence-electron chi connectivity index (χ3n) is 4.77. The summed E-state index contributed by atoms with van der Waals surface area (Å²) in [6.07, 6.45) is 0. The van der Waals surface area contributed by atoms with Crippen molar-refractivity contribution in [2.45, 2.75) is 10.6 Å². The second-order valence-corrected chi connectivity index (χ2v) is 9.03. The fraction of sp³-hybridized carbons (Fsp3) is 0.130. The van der Waals surface area contributed by atoms with Gasteiger partial charge in [-0.05, 0) is 48.0 Å². The van der Waals surface area contributed by atoms with Crippen LogP contribution in [0.5, 0.6) is 11.5 Å². The topological polar surface area (TPSA) is 111 Å². The van der Waals surface area contributed by atoms with Crippen LogP contribution in [-0.2, 0) is 15.6 Å². The Morgan fingerprint density at radius 1 is 0.750 bits per heavy atom. The van der Waals surface area contributed by atoms with Crippen molar-refractivity contribution in [2.24, 2.45) is 0 Å². The SMILES string of the molecule is O=C(NNC(=O)c1ccc2c(c1)OCCO2)c1ccc(CS(=O)(=O)c2ccccc2)cc1. The predicted octanol–water partition coefficient (Wildman–Crippen LogP) is 2.51. The highest BCUT2D eigenvalue weighted by atomic mass is 32.2. The number of amides is 2. The fourth-order valence-electron chi connectivity index (χ4n) is 3.13. The minimum absolute atomic E-state index is 0.181. The fourth-order valence-corrected chi connectivity index (χ4v) is 4.50. The van der Waals surface area contributed by atoms with Gasteiger partial charge in [0.1, 0.15) is 13.2 Å². The maximum Gasteiger partial charge on any atom is 0.269 e. The van der Waals surface area contributed by atoms with Crippen LogP contribution in [0.1, 0.15) is 26.3 Å². The first kappa shape index (κ1) is 21.4. The first-order valence-corrected chi connectivity index (χ1v) is 11.4. The molecule has 0 saturated carbocycles. The summed E-state index contributed by atoms with van der Waals surface area (Å²) < 4.78 is 35.8. The molecule has 8 nitrogen and oxygen atoms in total. The van der Waals surface area contributed by atoms with Gasteiger partial charge in [0.05, 0.1) is 10.6 Å². The van der Waals surface area contributed by atoms with Crippen LogP contribution in [0.4, 0.5) is 0 Å². The predicted molar refractivity (Wildman–Crippen MR) is 116 cm³/mol. The van der Waals surface area contributed by atoms with E-state index in [-0.39, 0.29) is 16.2 Å². The number of hydrogen-bond acceptors (Lipinski definition) is 6. The van der Waals surface area contributed by atoms with Crippen LogP contribution < -0.4 is 20.3 Å². The van der Waals surface area contributed by atoms with Crippen LogP contribution in [0.3, 0.4) is 0 Å².